The van der Waals surface area contributed by atoms with Gasteiger partial charge in [0.25, 0.3) is 5.69 Å². The Labute approximate surface area is 233 Å². The van der Waals surface area contributed by atoms with Gasteiger partial charge in [-0.3, -0.25) is 14.9 Å². The minimum Gasteiger partial charge on any atom is -0.467 e. The third-order valence-electron chi connectivity index (χ3n) is 7.03. The fraction of sp³-hybridized carbons (Fsp3) is 0.194. The van der Waals surface area contributed by atoms with Gasteiger partial charge in [0.2, 0.25) is 5.91 Å². The summed E-state index contributed by atoms with van der Waals surface area (Å²) in [4.78, 5) is 24.3. The second-order valence-electron chi connectivity index (χ2n) is 9.89. The number of benzene rings is 3. The highest BCUT2D eigenvalue weighted by atomic mass is 19.4. The number of nitrogens with one attached hydrogen (secondary N) is 1. The van der Waals surface area contributed by atoms with Crippen molar-refractivity contribution in [3.05, 3.63) is 135 Å². The normalized spacial score (nSPS) is 12.4. The van der Waals surface area contributed by atoms with E-state index in [4.69, 9.17) is 4.42 Å². The molecule has 1 atom stereocenters. The van der Waals surface area contributed by atoms with Crippen molar-refractivity contribution in [1.29, 1.82) is 0 Å². The van der Waals surface area contributed by atoms with Crippen LogP contribution in [0.2, 0.25) is 0 Å². The van der Waals surface area contributed by atoms with Crippen molar-refractivity contribution in [2.75, 3.05) is 0 Å². The van der Waals surface area contributed by atoms with E-state index in [0.29, 0.717) is 34.3 Å². The molecule has 0 bridgehead atoms. The van der Waals surface area contributed by atoms with E-state index in [1.165, 1.54) is 30.5 Å². The molecule has 0 aliphatic rings. The number of nitro benzene ring substituents is 1. The maximum absolute atomic E-state index is 13.3. The topological polar surface area (TPSA) is 90.3 Å². The lowest BCUT2D eigenvalue weighted by Crippen LogP contribution is -2.24. The smallest absolute Gasteiger partial charge is 0.416 e. The van der Waals surface area contributed by atoms with Gasteiger partial charge in [0, 0.05) is 48.1 Å². The number of nitrogens with zero attached hydrogens (tertiary/aromatic N) is 2. The number of aryl methyl sites for hydroxylation is 1. The zero-order valence-electron chi connectivity index (χ0n) is 22.0. The van der Waals surface area contributed by atoms with Gasteiger partial charge in [-0.2, -0.15) is 13.2 Å². The Morgan fingerprint density at radius 3 is 2.41 bits per heavy atom. The molecule has 0 unspecified atom stereocenters. The van der Waals surface area contributed by atoms with Gasteiger partial charge in [0.05, 0.1) is 23.3 Å². The zero-order chi connectivity index (χ0) is 29.1. The molecular formula is C31H26F3N3O4. The van der Waals surface area contributed by atoms with E-state index in [2.05, 4.69) is 5.32 Å². The number of fused-ring (bicyclic) bond motifs is 1. The molecule has 0 saturated carbocycles. The summed E-state index contributed by atoms with van der Waals surface area (Å²) in [7, 11) is 0. The predicted molar refractivity (Wildman–Crippen MR) is 147 cm³/mol. The molecule has 7 nitrogen and oxygen atoms in total. The van der Waals surface area contributed by atoms with E-state index in [1.807, 2.05) is 42.0 Å². The Balaban J connectivity index is 1.59. The van der Waals surface area contributed by atoms with E-state index in [-0.39, 0.29) is 24.6 Å². The summed E-state index contributed by atoms with van der Waals surface area (Å²) in [5, 5.41) is 15.0. The minimum absolute atomic E-state index is 0.0988. The number of halogens is 3. The van der Waals surface area contributed by atoms with Crippen LogP contribution in [0.1, 0.15) is 45.9 Å². The monoisotopic (exact) mass is 561 g/mol. The third kappa shape index (κ3) is 6.32. The lowest BCUT2D eigenvalue weighted by Gasteiger charge is -2.18. The van der Waals surface area contributed by atoms with Crippen molar-refractivity contribution < 1.29 is 27.3 Å². The number of amides is 1. The van der Waals surface area contributed by atoms with Crippen LogP contribution in [0, 0.1) is 17.0 Å². The molecular weight excluding hydrogens is 535 g/mol. The zero-order valence-corrected chi connectivity index (χ0v) is 22.0. The Bertz CT molecular complexity index is 1670. The molecule has 2 heterocycles. The fourth-order valence-electron chi connectivity index (χ4n) is 4.89. The fourth-order valence-corrected chi connectivity index (χ4v) is 4.89. The SMILES string of the molecule is Cc1ccc(Cn2cc([C@H](CC(=O)NCc3ccco3)c3ccc(C(F)(F)F)cc3)c3cc([N+](=O)[O-])ccc32)cc1. The molecule has 1 N–H and O–H groups in total. The molecule has 0 aliphatic carbocycles. The highest BCUT2D eigenvalue weighted by Gasteiger charge is 2.31. The van der Waals surface area contributed by atoms with Crippen LogP contribution >= 0.6 is 0 Å². The molecule has 5 rings (SSSR count). The maximum atomic E-state index is 13.3. The minimum atomic E-state index is -4.51. The number of hydrogen-bond donors (Lipinski definition) is 1. The van der Waals surface area contributed by atoms with E-state index < -0.39 is 22.6 Å². The first-order valence-corrected chi connectivity index (χ1v) is 12.9. The maximum Gasteiger partial charge on any atom is 0.416 e. The second kappa shape index (κ2) is 11.3. The van der Waals surface area contributed by atoms with E-state index in [9.17, 15) is 28.1 Å². The average Bonchev–Trinajstić information content (AvgIpc) is 3.59. The van der Waals surface area contributed by atoms with Crippen molar-refractivity contribution in [2.45, 2.75) is 38.5 Å². The van der Waals surface area contributed by atoms with Gasteiger partial charge < -0.3 is 14.3 Å². The summed E-state index contributed by atoms with van der Waals surface area (Å²) < 4.78 is 47.2. The number of carbonyl (C=O) groups is 1. The summed E-state index contributed by atoms with van der Waals surface area (Å²) in [6, 6.07) is 20.6. The van der Waals surface area contributed by atoms with Crippen LogP contribution in [-0.2, 0) is 24.1 Å². The summed E-state index contributed by atoms with van der Waals surface area (Å²) in [5.41, 5.74) is 2.96. The van der Waals surface area contributed by atoms with Crippen LogP contribution in [0.25, 0.3) is 10.9 Å². The predicted octanol–water partition coefficient (Wildman–Crippen LogP) is 7.36. The molecule has 3 aromatic carbocycles. The van der Waals surface area contributed by atoms with Crippen molar-refractivity contribution in [2.24, 2.45) is 0 Å². The van der Waals surface area contributed by atoms with Gasteiger partial charge in [-0.1, -0.05) is 42.0 Å². The molecule has 0 fully saturated rings. The molecule has 0 radical (unpaired) electrons. The van der Waals surface area contributed by atoms with Crippen LogP contribution in [0.4, 0.5) is 18.9 Å². The van der Waals surface area contributed by atoms with Gasteiger partial charge in [-0.25, -0.2) is 0 Å². The Hall–Kier alpha value is -4.86. The largest absolute Gasteiger partial charge is 0.467 e. The van der Waals surface area contributed by atoms with Gasteiger partial charge >= 0.3 is 6.18 Å². The average molecular weight is 562 g/mol. The van der Waals surface area contributed by atoms with Crippen molar-refractivity contribution >= 4 is 22.5 Å². The number of alkyl halides is 3. The van der Waals surface area contributed by atoms with Gasteiger partial charge in [-0.05, 0) is 53.9 Å². The van der Waals surface area contributed by atoms with Gasteiger partial charge in [0.15, 0.2) is 0 Å². The van der Waals surface area contributed by atoms with Crippen molar-refractivity contribution in [1.82, 2.24) is 9.88 Å². The summed E-state index contributed by atoms with van der Waals surface area (Å²) in [5.74, 6) is -0.483. The first-order chi connectivity index (χ1) is 19.6. The molecule has 10 heteroatoms. The van der Waals surface area contributed by atoms with Crippen molar-refractivity contribution in [3.8, 4) is 0 Å². The highest BCUT2D eigenvalue weighted by Crippen LogP contribution is 2.38. The van der Waals surface area contributed by atoms with E-state index >= 15 is 0 Å². The number of rotatable bonds is 9. The molecule has 2 aromatic heterocycles. The van der Waals surface area contributed by atoms with Crippen LogP contribution in [0.5, 0.6) is 0 Å². The lowest BCUT2D eigenvalue weighted by atomic mass is 9.87. The molecule has 41 heavy (non-hydrogen) atoms. The molecule has 1 amide bonds. The third-order valence-corrected chi connectivity index (χ3v) is 7.03. The quantitative estimate of drug-likeness (QED) is 0.150. The van der Waals surface area contributed by atoms with Gasteiger partial charge in [-0.15, -0.1) is 0 Å². The summed E-state index contributed by atoms with van der Waals surface area (Å²) in [6.45, 7) is 2.59. The van der Waals surface area contributed by atoms with Crippen LogP contribution in [-0.4, -0.2) is 15.4 Å². The number of non-ortho nitro benzene ring substituents is 1. The van der Waals surface area contributed by atoms with Crippen molar-refractivity contribution in [3.63, 3.8) is 0 Å². The summed E-state index contributed by atoms with van der Waals surface area (Å²) >= 11 is 0. The molecule has 0 aliphatic heterocycles. The van der Waals surface area contributed by atoms with Crippen LogP contribution < -0.4 is 5.32 Å². The molecule has 210 valence electrons. The van der Waals surface area contributed by atoms with E-state index in [0.717, 1.165) is 23.3 Å². The number of carbonyl (C=O) groups excluding carboxylic acids is 1. The number of aromatic nitrogens is 1. The molecule has 0 saturated heterocycles. The standard InChI is InChI=1S/C31H26F3N3O4/c1-20-4-6-21(7-5-20)18-36-19-28(27-15-24(37(39)40)12-13-29(27)36)26(16-30(38)35-17-25-3-2-14-41-25)22-8-10-23(11-9-22)31(32,33)34/h2-15,19,26H,16-18H2,1H3,(H,35,38)/t26-/m1/s1. The number of furan rings is 1. The Kier molecular flexibility index (Phi) is 7.65. The number of nitro groups is 1. The van der Waals surface area contributed by atoms with E-state index in [1.54, 1.807) is 18.2 Å². The second-order valence-corrected chi connectivity index (χ2v) is 9.89. The Morgan fingerprint density at radius 1 is 1.05 bits per heavy atom. The first kappa shape index (κ1) is 27.7. The Morgan fingerprint density at radius 2 is 1.78 bits per heavy atom. The van der Waals surface area contributed by atoms with Gasteiger partial charge in [0.1, 0.15) is 5.76 Å². The first-order valence-electron chi connectivity index (χ1n) is 12.9. The number of hydrogen-bond acceptors (Lipinski definition) is 4. The van der Waals surface area contributed by atoms with Crippen LogP contribution in [0.3, 0.4) is 0 Å². The summed E-state index contributed by atoms with van der Waals surface area (Å²) in [6.07, 6.45) is -1.30. The lowest BCUT2D eigenvalue weighted by molar-refractivity contribution is -0.384. The molecule has 5 aromatic rings. The highest BCUT2D eigenvalue weighted by molar-refractivity contribution is 5.88. The molecule has 0 spiro atoms. The van der Waals surface area contributed by atoms with Crippen LogP contribution in [0.15, 0.2) is 95.7 Å².